The van der Waals surface area contributed by atoms with Gasteiger partial charge in [0.2, 0.25) is 5.91 Å². The molecular formula is C29H33ClF2N10O2. The van der Waals surface area contributed by atoms with E-state index in [1.807, 2.05) is 13.0 Å². The Balaban J connectivity index is 1.38. The first-order chi connectivity index (χ1) is 21.1. The summed E-state index contributed by atoms with van der Waals surface area (Å²) < 4.78 is 30.3. The lowest BCUT2D eigenvalue weighted by Crippen LogP contribution is -2.43. The minimum atomic E-state index is -1.14. The van der Waals surface area contributed by atoms with E-state index in [1.165, 1.54) is 24.5 Å². The van der Waals surface area contributed by atoms with Gasteiger partial charge in [0.1, 0.15) is 0 Å². The highest BCUT2D eigenvalue weighted by atomic mass is 35.5. The van der Waals surface area contributed by atoms with E-state index in [9.17, 15) is 18.4 Å². The Morgan fingerprint density at radius 1 is 1.09 bits per heavy atom. The summed E-state index contributed by atoms with van der Waals surface area (Å²) in [5.41, 5.74) is 19.0. The number of nitrogens with one attached hydrogen (secondary N) is 3. The van der Waals surface area contributed by atoms with Crippen LogP contribution >= 0.6 is 11.6 Å². The van der Waals surface area contributed by atoms with Gasteiger partial charge in [-0.05, 0) is 55.2 Å². The molecule has 2 heterocycles. The quantitative estimate of drug-likeness (QED) is 0.0565. The van der Waals surface area contributed by atoms with Crippen molar-refractivity contribution in [1.29, 1.82) is 0 Å². The first-order valence-electron chi connectivity index (χ1n) is 13.8. The maximum absolute atomic E-state index is 14.6. The van der Waals surface area contributed by atoms with Gasteiger partial charge in [0.05, 0.1) is 23.0 Å². The molecule has 1 atom stereocenters. The number of guanidine groups is 1. The molecule has 2 aromatic heterocycles. The van der Waals surface area contributed by atoms with Crippen molar-refractivity contribution in [3.8, 4) is 11.3 Å². The number of rotatable bonds is 13. The molecule has 0 saturated heterocycles. The van der Waals surface area contributed by atoms with E-state index in [0.29, 0.717) is 54.2 Å². The Morgan fingerprint density at radius 2 is 1.86 bits per heavy atom. The van der Waals surface area contributed by atoms with Crippen LogP contribution in [0.25, 0.3) is 16.9 Å². The van der Waals surface area contributed by atoms with Gasteiger partial charge in [0.15, 0.2) is 29.1 Å². The number of aryl methyl sites for hydroxylation is 1. The smallest absolute Gasteiger partial charge is 0.251 e. The fraction of sp³-hybridized carbons (Fsp3) is 0.276. The largest absolute Gasteiger partial charge is 0.370 e. The molecule has 4 aromatic rings. The average molecular weight is 627 g/mol. The van der Waals surface area contributed by atoms with Crippen LogP contribution < -0.4 is 33.2 Å². The van der Waals surface area contributed by atoms with Crippen molar-refractivity contribution in [2.24, 2.45) is 22.2 Å². The Kier molecular flexibility index (Phi) is 10.6. The third-order valence-electron chi connectivity index (χ3n) is 6.75. The number of hydrogen-bond donors (Lipinski definition) is 6. The minimum absolute atomic E-state index is 0.00196. The van der Waals surface area contributed by atoms with E-state index in [0.717, 1.165) is 5.56 Å². The Bertz CT molecular complexity index is 1690. The van der Waals surface area contributed by atoms with E-state index in [2.05, 4.69) is 30.9 Å². The molecule has 0 saturated carbocycles. The first-order valence-corrected chi connectivity index (χ1v) is 14.2. The zero-order chi connectivity index (χ0) is 31.8. The summed E-state index contributed by atoms with van der Waals surface area (Å²) in [5, 5.41) is 8.39. The van der Waals surface area contributed by atoms with E-state index in [1.54, 1.807) is 22.7 Å². The number of anilines is 2. The molecule has 0 aliphatic carbocycles. The number of hydrogen-bond acceptors (Lipinski definition) is 7. The number of imidazole rings is 1. The van der Waals surface area contributed by atoms with Crippen molar-refractivity contribution in [3.05, 3.63) is 76.7 Å². The standard InChI is InChI=1S/C29H33ClF2N10O2/c1-2-16-14-17(5-6-18(16)27(43)37-10-11-38-28(44)21(33)4-3-9-39-29(34)35)41-25-26-40-15-22(42(26)13-12-36-25)19-7-8-20(30)24(32)23(19)31/h5-8,12-15,21H,2-4,9-11,33H2,1H3,(H,36,41)(H,37,43)(H,38,44)(H4,34,35,39). The van der Waals surface area contributed by atoms with Gasteiger partial charge in [0, 0.05) is 48.8 Å². The number of carbonyl (C=O) groups excluding carboxylic acids is 2. The molecule has 1 unspecified atom stereocenters. The molecule has 15 heteroatoms. The second-order valence-corrected chi connectivity index (χ2v) is 10.2. The Morgan fingerprint density at radius 3 is 2.61 bits per heavy atom. The molecule has 0 fully saturated rings. The van der Waals surface area contributed by atoms with Gasteiger partial charge < -0.3 is 33.2 Å². The third-order valence-corrected chi connectivity index (χ3v) is 7.04. The van der Waals surface area contributed by atoms with Crippen molar-refractivity contribution in [3.63, 3.8) is 0 Å². The molecule has 12 nitrogen and oxygen atoms in total. The van der Waals surface area contributed by atoms with Crippen LogP contribution in [0.4, 0.5) is 20.3 Å². The molecule has 44 heavy (non-hydrogen) atoms. The summed E-state index contributed by atoms with van der Waals surface area (Å²) in [6.07, 6.45) is 6.06. The summed E-state index contributed by atoms with van der Waals surface area (Å²) in [7, 11) is 0. The van der Waals surface area contributed by atoms with Crippen LogP contribution in [0.15, 0.2) is 53.9 Å². The van der Waals surface area contributed by atoms with Crippen molar-refractivity contribution in [2.45, 2.75) is 32.2 Å². The first kappa shape index (κ1) is 32.1. The maximum atomic E-state index is 14.6. The van der Waals surface area contributed by atoms with Crippen molar-refractivity contribution >= 4 is 46.5 Å². The SMILES string of the molecule is CCc1cc(Nc2nccn3c(-c4ccc(Cl)c(F)c4F)cnc23)ccc1C(=O)NCCNC(=O)C(N)CCCN=C(N)N. The zero-order valence-electron chi connectivity index (χ0n) is 23.9. The van der Waals surface area contributed by atoms with Crippen molar-refractivity contribution < 1.29 is 18.4 Å². The molecule has 0 spiro atoms. The summed E-state index contributed by atoms with van der Waals surface area (Å²) in [6.45, 7) is 2.73. The fourth-order valence-corrected chi connectivity index (χ4v) is 4.64. The van der Waals surface area contributed by atoms with Crippen LogP contribution in [0.1, 0.15) is 35.7 Å². The highest BCUT2D eigenvalue weighted by Crippen LogP contribution is 2.31. The molecule has 0 bridgehead atoms. The van der Waals surface area contributed by atoms with Crippen molar-refractivity contribution in [2.75, 3.05) is 25.0 Å². The molecule has 232 valence electrons. The molecule has 0 aliphatic heterocycles. The lowest BCUT2D eigenvalue weighted by Gasteiger charge is -2.14. The summed E-state index contributed by atoms with van der Waals surface area (Å²) in [5.74, 6) is -2.47. The van der Waals surface area contributed by atoms with Gasteiger partial charge in [-0.3, -0.25) is 19.0 Å². The lowest BCUT2D eigenvalue weighted by molar-refractivity contribution is -0.122. The highest BCUT2D eigenvalue weighted by molar-refractivity contribution is 6.30. The average Bonchev–Trinajstić information content (AvgIpc) is 3.44. The van der Waals surface area contributed by atoms with Gasteiger partial charge in [-0.1, -0.05) is 18.5 Å². The molecule has 4 rings (SSSR count). The molecule has 0 radical (unpaired) electrons. The number of nitrogens with zero attached hydrogens (tertiary/aromatic N) is 4. The van der Waals surface area contributed by atoms with E-state index in [4.69, 9.17) is 28.8 Å². The topological polar surface area (TPSA) is 191 Å². The Labute approximate surface area is 257 Å². The lowest BCUT2D eigenvalue weighted by atomic mass is 10.0. The van der Waals surface area contributed by atoms with E-state index < -0.39 is 17.7 Å². The third kappa shape index (κ3) is 7.57. The summed E-state index contributed by atoms with van der Waals surface area (Å²) in [4.78, 5) is 37.6. The number of benzene rings is 2. The van der Waals surface area contributed by atoms with Crippen LogP contribution in [0.5, 0.6) is 0 Å². The van der Waals surface area contributed by atoms with Gasteiger partial charge in [-0.25, -0.2) is 18.7 Å². The zero-order valence-corrected chi connectivity index (χ0v) is 24.7. The van der Waals surface area contributed by atoms with Crippen LogP contribution in [0.3, 0.4) is 0 Å². The van der Waals surface area contributed by atoms with Crippen LogP contribution in [0.2, 0.25) is 5.02 Å². The van der Waals surface area contributed by atoms with Crippen LogP contribution in [0, 0.1) is 11.6 Å². The number of amides is 2. The highest BCUT2D eigenvalue weighted by Gasteiger charge is 2.19. The number of halogens is 3. The van der Waals surface area contributed by atoms with E-state index in [-0.39, 0.29) is 41.4 Å². The molecule has 9 N–H and O–H groups in total. The van der Waals surface area contributed by atoms with Crippen LogP contribution in [-0.2, 0) is 11.2 Å². The number of fused-ring (bicyclic) bond motifs is 1. The van der Waals surface area contributed by atoms with Gasteiger partial charge >= 0.3 is 0 Å². The molecule has 0 aliphatic rings. The second kappa shape index (κ2) is 14.6. The number of carbonyl (C=O) groups is 2. The molecule has 2 aromatic carbocycles. The summed E-state index contributed by atoms with van der Waals surface area (Å²) in [6, 6.07) is 7.19. The number of aromatic nitrogens is 3. The van der Waals surface area contributed by atoms with Gasteiger partial charge in [-0.2, -0.15) is 0 Å². The summed E-state index contributed by atoms with van der Waals surface area (Å²) >= 11 is 5.70. The normalized spacial score (nSPS) is 11.7. The predicted octanol–water partition coefficient (Wildman–Crippen LogP) is 2.86. The van der Waals surface area contributed by atoms with E-state index >= 15 is 0 Å². The maximum Gasteiger partial charge on any atom is 0.251 e. The monoisotopic (exact) mass is 626 g/mol. The fourth-order valence-electron chi connectivity index (χ4n) is 4.49. The van der Waals surface area contributed by atoms with Crippen LogP contribution in [-0.4, -0.2) is 57.8 Å². The molecular weight excluding hydrogens is 594 g/mol. The number of aliphatic imine (C=N–C) groups is 1. The van der Waals surface area contributed by atoms with Gasteiger partial charge in [0.25, 0.3) is 5.91 Å². The predicted molar refractivity (Wildman–Crippen MR) is 166 cm³/mol. The van der Waals surface area contributed by atoms with Crippen molar-refractivity contribution in [1.82, 2.24) is 25.0 Å². The second-order valence-electron chi connectivity index (χ2n) is 9.79. The van der Waals surface area contributed by atoms with Gasteiger partial charge in [-0.15, -0.1) is 0 Å². The Hall–Kier alpha value is -4.82. The molecule has 2 amide bonds. The number of nitrogens with two attached hydrogens (primary N) is 3. The minimum Gasteiger partial charge on any atom is -0.370 e.